The summed E-state index contributed by atoms with van der Waals surface area (Å²) in [6.07, 6.45) is 1.42. The highest BCUT2D eigenvalue weighted by molar-refractivity contribution is 9.11. The minimum Gasteiger partial charge on any atom is -0.495 e. The minimum atomic E-state index is 0.526. The van der Waals surface area contributed by atoms with Gasteiger partial charge >= 0.3 is 0 Å². The Kier molecular flexibility index (Phi) is 4.56. The number of aromatic nitrogens is 2. The number of methoxy groups -OCH3 is 1. The Balaban J connectivity index is 2.32. The van der Waals surface area contributed by atoms with E-state index < -0.39 is 0 Å². The van der Waals surface area contributed by atoms with Gasteiger partial charge in [0.2, 0.25) is 0 Å². The summed E-state index contributed by atoms with van der Waals surface area (Å²) >= 11 is 6.89. The molecule has 0 aliphatic rings. The molecule has 0 aliphatic carbocycles. The summed E-state index contributed by atoms with van der Waals surface area (Å²) in [6.45, 7) is 0. The van der Waals surface area contributed by atoms with Gasteiger partial charge in [0.1, 0.15) is 23.7 Å². The van der Waals surface area contributed by atoms with Crippen molar-refractivity contribution in [1.82, 2.24) is 9.97 Å². The van der Waals surface area contributed by atoms with Crippen LogP contribution in [0.5, 0.6) is 5.75 Å². The number of nitrogens with zero attached hydrogens (tertiary/aromatic N) is 2. The largest absolute Gasteiger partial charge is 0.495 e. The van der Waals surface area contributed by atoms with Gasteiger partial charge in [-0.05, 0) is 37.9 Å². The van der Waals surface area contributed by atoms with Gasteiger partial charge in [0.05, 0.1) is 17.3 Å². The molecule has 0 saturated carbocycles. The lowest BCUT2D eigenvalue weighted by Crippen LogP contribution is -2.09. The number of nitrogens with two attached hydrogens (primary N) is 1. The Morgan fingerprint density at radius 2 is 1.84 bits per heavy atom. The summed E-state index contributed by atoms with van der Waals surface area (Å²) in [6, 6.07) is 5.44. The number of ether oxygens (including phenoxy) is 1. The van der Waals surface area contributed by atoms with Crippen molar-refractivity contribution in [3.8, 4) is 5.75 Å². The van der Waals surface area contributed by atoms with Crippen LogP contribution in [0.1, 0.15) is 0 Å². The first-order valence-electron chi connectivity index (χ1n) is 5.22. The van der Waals surface area contributed by atoms with Gasteiger partial charge in [0.15, 0.2) is 0 Å². The SMILES string of the molecule is COc1cc(Nc2cc(NN)ncn2)c(Br)cc1Br. The predicted octanol–water partition coefficient (Wildman–Crippen LogP) is 3.04. The normalized spacial score (nSPS) is 10.1. The van der Waals surface area contributed by atoms with Crippen LogP contribution in [-0.4, -0.2) is 17.1 Å². The lowest BCUT2D eigenvalue weighted by atomic mass is 10.3. The van der Waals surface area contributed by atoms with Gasteiger partial charge in [0.25, 0.3) is 0 Å². The van der Waals surface area contributed by atoms with Crippen LogP contribution < -0.4 is 21.3 Å². The van der Waals surface area contributed by atoms with Gasteiger partial charge in [-0.1, -0.05) is 0 Å². The predicted molar refractivity (Wildman–Crippen MR) is 81.5 cm³/mol. The third-order valence-electron chi connectivity index (χ3n) is 2.32. The Labute approximate surface area is 127 Å². The van der Waals surface area contributed by atoms with E-state index in [0.717, 1.165) is 20.4 Å². The van der Waals surface area contributed by atoms with Crippen molar-refractivity contribution in [3.63, 3.8) is 0 Å². The second-order valence-corrected chi connectivity index (χ2v) is 5.23. The molecule has 0 fully saturated rings. The number of hydrogen-bond donors (Lipinski definition) is 3. The molecule has 2 rings (SSSR count). The van der Waals surface area contributed by atoms with Crippen molar-refractivity contribution < 1.29 is 4.74 Å². The van der Waals surface area contributed by atoms with Crippen molar-refractivity contribution >= 4 is 49.2 Å². The number of hydrazine groups is 1. The quantitative estimate of drug-likeness (QED) is 0.551. The van der Waals surface area contributed by atoms with Crippen LogP contribution in [0.25, 0.3) is 0 Å². The molecule has 0 bridgehead atoms. The highest BCUT2D eigenvalue weighted by Crippen LogP contribution is 2.35. The van der Waals surface area contributed by atoms with Crippen molar-refractivity contribution in [2.75, 3.05) is 17.9 Å². The van der Waals surface area contributed by atoms with E-state index in [9.17, 15) is 0 Å². The number of nitrogens with one attached hydrogen (secondary N) is 2. The maximum absolute atomic E-state index is 5.30. The summed E-state index contributed by atoms with van der Waals surface area (Å²) in [7, 11) is 1.61. The summed E-state index contributed by atoms with van der Waals surface area (Å²) in [5.74, 6) is 7.17. The Hall–Kier alpha value is -1.38. The van der Waals surface area contributed by atoms with E-state index >= 15 is 0 Å². The monoisotopic (exact) mass is 387 g/mol. The van der Waals surface area contributed by atoms with Gasteiger partial charge in [0, 0.05) is 16.6 Å². The van der Waals surface area contributed by atoms with Crippen molar-refractivity contribution in [1.29, 1.82) is 0 Å². The molecule has 0 saturated heterocycles. The molecule has 6 nitrogen and oxygen atoms in total. The lowest BCUT2D eigenvalue weighted by Gasteiger charge is -2.11. The number of halogens is 2. The van der Waals surface area contributed by atoms with E-state index in [0.29, 0.717) is 11.6 Å². The Morgan fingerprint density at radius 1 is 1.11 bits per heavy atom. The fourth-order valence-corrected chi connectivity index (χ4v) is 2.68. The van der Waals surface area contributed by atoms with Crippen LogP contribution in [0.3, 0.4) is 0 Å². The molecule has 100 valence electrons. The van der Waals surface area contributed by atoms with Crippen LogP contribution >= 0.6 is 31.9 Å². The molecule has 0 atom stereocenters. The first-order valence-corrected chi connectivity index (χ1v) is 6.81. The van der Waals surface area contributed by atoms with Gasteiger partial charge in [-0.3, -0.25) is 0 Å². The van der Waals surface area contributed by atoms with Gasteiger partial charge in [-0.2, -0.15) is 0 Å². The Bertz CT molecular complexity index is 593. The van der Waals surface area contributed by atoms with E-state index in [2.05, 4.69) is 52.6 Å². The van der Waals surface area contributed by atoms with Crippen molar-refractivity contribution in [2.45, 2.75) is 0 Å². The topological polar surface area (TPSA) is 85.1 Å². The van der Waals surface area contributed by atoms with Crippen molar-refractivity contribution in [2.24, 2.45) is 5.84 Å². The summed E-state index contributed by atoms with van der Waals surface area (Å²) in [5.41, 5.74) is 3.29. The highest BCUT2D eigenvalue weighted by atomic mass is 79.9. The number of rotatable bonds is 4. The third-order valence-corrected chi connectivity index (χ3v) is 3.59. The third kappa shape index (κ3) is 3.34. The van der Waals surface area contributed by atoms with E-state index in [4.69, 9.17) is 10.6 Å². The second kappa shape index (κ2) is 6.18. The van der Waals surface area contributed by atoms with E-state index in [1.807, 2.05) is 12.1 Å². The first-order chi connectivity index (χ1) is 9.13. The molecular weight excluding hydrogens is 378 g/mol. The minimum absolute atomic E-state index is 0.526. The maximum Gasteiger partial charge on any atom is 0.145 e. The average Bonchev–Trinajstić information content (AvgIpc) is 2.42. The molecule has 2 aromatic rings. The smallest absolute Gasteiger partial charge is 0.145 e. The number of anilines is 3. The molecule has 0 unspecified atom stereocenters. The molecule has 4 N–H and O–H groups in total. The van der Waals surface area contributed by atoms with Crippen molar-refractivity contribution in [3.05, 3.63) is 33.5 Å². The molecule has 1 heterocycles. The molecule has 8 heteroatoms. The number of hydrogen-bond acceptors (Lipinski definition) is 6. The Morgan fingerprint density at radius 3 is 2.53 bits per heavy atom. The zero-order valence-corrected chi connectivity index (χ0v) is 13.1. The fourth-order valence-electron chi connectivity index (χ4n) is 1.42. The van der Waals surface area contributed by atoms with Crippen LogP contribution in [0, 0.1) is 0 Å². The standard InChI is InChI=1S/C11H11Br2N5O/c1-19-9-3-8(6(12)2-7(9)13)17-10-4-11(18-14)16-5-15-10/h2-5H,14H2,1H3,(H2,15,16,17,18). The number of nitrogen functional groups attached to an aromatic ring is 1. The van der Waals surface area contributed by atoms with E-state index in [1.54, 1.807) is 13.2 Å². The molecule has 1 aromatic carbocycles. The van der Waals surface area contributed by atoms with E-state index in [1.165, 1.54) is 6.33 Å². The molecule has 1 aromatic heterocycles. The molecule has 0 spiro atoms. The first kappa shape index (κ1) is 14.0. The zero-order chi connectivity index (χ0) is 13.8. The molecule has 0 aliphatic heterocycles. The van der Waals surface area contributed by atoms with Gasteiger partial charge in [-0.15, -0.1) is 0 Å². The van der Waals surface area contributed by atoms with Crippen LogP contribution in [0.15, 0.2) is 33.5 Å². The van der Waals surface area contributed by atoms with E-state index in [-0.39, 0.29) is 0 Å². The second-order valence-electron chi connectivity index (χ2n) is 3.52. The van der Waals surface area contributed by atoms with Gasteiger partial charge in [-0.25, -0.2) is 15.8 Å². The van der Waals surface area contributed by atoms with Crippen LogP contribution in [-0.2, 0) is 0 Å². The highest BCUT2D eigenvalue weighted by Gasteiger charge is 2.08. The number of benzene rings is 1. The summed E-state index contributed by atoms with van der Waals surface area (Å²) in [5, 5.41) is 3.15. The molecular formula is C11H11Br2N5O. The molecule has 19 heavy (non-hydrogen) atoms. The maximum atomic E-state index is 5.30. The molecule has 0 amide bonds. The van der Waals surface area contributed by atoms with Crippen LogP contribution in [0.2, 0.25) is 0 Å². The zero-order valence-electron chi connectivity index (χ0n) is 9.95. The average molecular weight is 389 g/mol. The summed E-state index contributed by atoms with van der Waals surface area (Å²) < 4.78 is 6.99. The molecule has 0 radical (unpaired) electrons. The van der Waals surface area contributed by atoms with Crippen LogP contribution in [0.4, 0.5) is 17.3 Å². The lowest BCUT2D eigenvalue weighted by molar-refractivity contribution is 0.412. The van der Waals surface area contributed by atoms with Gasteiger partial charge < -0.3 is 15.5 Å². The summed E-state index contributed by atoms with van der Waals surface area (Å²) in [4.78, 5) is 8.05. The fraction of sp³-hybridized carbons (Fsp3) is 0.0909.